The fourth-order valence-electron chi connectivity index (χ4n) is 1.98. The SMILES string of the molecule is CCS(=O)(=O)NCc1ccc(C(=O)N(N)c2ccc(F)c(C)c2)cn1. The van der Waals surface area contributed by atoms with Gasteiger partial charge in [-0.25, -0.2) is 28.4 Å². The minimum Gasteiger partial charge on any atom is -0.267 e. The predicted octanol–water partition coefficient (Wildman–Crippen LogP) is 1.49. The summed E-state index contributed by atoms with van der Waals surface area (Å²) in [6.07, 6.45) is 1.31. The third-order valence-corrected chi connectivity index (χ3v) is 4.91. The van der Waals surface area contributed by atoms with E-state index in [1.807, 2.05) is 0 Å². The monoisotopic (exact) mass is 366 g/mol. The van der Waals surface area contributed by atoms with E-state index in [4.69, 9.17) is 5.84 Å². The lowest BCUT2D eigenvalue weighted by Crippen LogP contribution is -2.37. The van der Waals surface area contributed by atoms with Crippen molar-refractivity contribution in [1.82, 2.24) is 9.71 Å². The van der Waals surface area contributed by atoms with Gasteiger partial charge in [0.05, 0.1) is 29.2 Å². The Bertz CT molecular complexity index is 869. The molecule has 3 N–H and O–H groups in total. The summed E-state index contributed by atoms with van der Waals surface area (Å²) >= 11 is 0. The maximum absolute atomic E-state index is 13.3. The van der Waals surface area contributed by atoms with Gasteiger partial charge in [-0.2, -0.15) is 0 Å². The lowest BCUT2D eigenvalue weighted by Gasteiger charge is -2.17. The molecule has 25 heavy (non-hydrogen) atoms. The second kappa shape index (κ2) is 7.68. The molecule has 0 radical (unpaired) electrons. The maximum Gasteiger partial charge on any atom is 0.274 e. The molecule has 0 bridgehead atoms. The van der Waals surface area contributed by atoms with Crippen molar-refractivity contribution in [2.45, 2.75) is 20.4 Å². The number of benzene rings is 1. The topological polar surface area (TPSA) is 105 Å². The fraction of sp³-hybridized carbons (Fsp3) is 0.250. The Labute approximate surface area is 145 Å². The summed E-state index contributed by atoms with van der Waals surface area (Å²) in [5, 5.41) is 0.906. The summed E-state index contributed by atoms with van der Waals surface area (Å²) in [6, 6.07) is 7.14. The molecule has 0 atom stereocenters. The molecule has 9 heteroatoms. The fourth-order valence-corrected chi connectivity index (χ4v) is 2.55. The van der Waals surface area contributed by atoms with Crippen LogP contribution in [0.5, 0.6) is 0 Å². The van der Waals surface area contributed by atoms with E-state index in [-0.39, 0.29) is 23.7 Å². The molecule has 0 aliphatic carbocycles. The van der Waals surface area contributed by atoms with Crippen LogP contribution in [0.2, 0.25) is 0 Å². The number of hydrazine groups is 1. The van der Waals surface area contributed by atoms with E-state index in [0.717, 1.165) is 5.01 Å². The first kappa shape index (κ1) is 19.0. The first-order valence-corrected chi connectivity index (χ1v) is 9.16. The van der Waals surface area contributed by atoms with E-state index in [9.17, 15) is 17.6 Å². The van der Waals surface area contributed by atoms with Crippen molar-refractivity contribution >= 4 is 21.6 Å². The minimum absolute atomic E-state index is 0.0250. The third kappa shape index (κ3) is 4.81. The van der Waals surface area contributed by atoms with Gasteiger partial charge in [0, 0.05) is 6.20 Å². The number of nitrogens with zero attached hydrogens (tertiary/aromatic N) is 2. The number of hydrogen-bond acceptors (Lipinski definition) is 5. The van der Waals surface area contributed by atoms with E-state index in [1.165, 1.54) is 43.5 Å². The summed E-state index contributed by atoms with van der Waals surface area (Å²) in [7, 11) is -3.32. The Balaban J connectivity index is 2.10. The van der Waals surface area contributed by atoms with Crippen LogP contribution in [0.15, 0.2) is 36.5 Å². The molecule has 7 nitrogen and oxygen atoms in total. The van der Waals surface area contributed by atoms with E-state index in [2.05, 4.69) is 9.71 Å². The molecule has 0 aliphatic rings. The molecule has 134 valence electrons. The Kier molecular flexibility index (Phi) is 5.83. The van der Waals surface area contributed by atoms with Crippen molar-refractivity contribution in [2.75, 3.05) is 10.8 Å². The van der Waals surface area contributed by atoms with Gasteiger partial charge in [0.25, 0.3) is 5.91 Å². The highest BCUT2D eigenvalue weighted by Gasteiger charge is 2.16. The van der Waals surface area contributed by atoms with Crippen LogP contribution in [-0.2, 0) is 16.6 Å². The zero-order valence-corrected chi connectivity index (χ0v) is 14.7. The zero-order valence-electron chi connectivity index (χ0n) is 13.9. The highest BCUT2D eigenvalue weighted by molar-refractivity contribution is 7.89. The third-order valence-electron chi connectivity index (χ3n) is 3.56. The smallest absolute Gasteiger partial charge is 0.267 e. The molecule has 0 saturated heterocycles. The number of anilines is 1. The van der Waals surface area contributed by atoms with Gasteiger partial charge in [0.2, 0.25) is 10.0 Å². The van der Waals surface area contributed by atoms with Crippen LogP contribution in [0.4, 0.5) is 10.1 Å². The number of aryl methyl sites for hydroxylation is 1. The van der Waals surface area contributed by atoms with E-state index in [0.29, 0.717) is 16.9 Å². The number of sulfonamides is 1. The van der Waals surface area contributed by atoms with Crippen LogP contribution in [0, 0.1) is 12.7 Å². The summed E-state index contributed by atoms with van der Waals surface area (Å²) < 4.78 is 38.5. The van der Waals surface area contributed by atoms with Gasteiger partial charge >= 0.3 is 0 Å². The van der Waals surface area contributed by atoms with Crippen LogP contribution in [-0.4, -0.2) is 25.1 Å². The van der Waals surface area contributed by atoms with E-state index in [1.54, 1.807) is 6.92 Å². The standard InChI is InChI=1S/C16H19FN4O3S/c1-3-25(23,24)20-10-13-5-4-12(9-19-13)16(22)21(18)14-6-7-15(17)11(2)8-14/h4-9,20H,3,10,18H2,1-2H3. The summed E-state index contributed by atoms with van der Waals surface area (Å²) in [5.74, 6) is 4.88. The van der Waals surface area contributed by atoms with E-state index < -0.39 is 15.9 Å². The molecule has 0 spiro atoms. The van der Waals surface area contributed by atoms with Crippen molar-refractivity contribution in [1.29, 1.82) is 0 Å². The quantitative estimate of drug-likeness (QED) is 0.458. The number of hydrogen-bond donors (Lipinski definition) is 2. The van der Waals surface area contributed by atoms with Crippen molar-refractivity contribution < 1.29 is 17.6 Å². The number of aromatic nitrogens is 1. The molecule has 1 amide bonds. The number of carbonyl (C=O) groups excluding carboxylic acids is 1. The molecule has 0 saturated carbocycles. The van der Waals surface area contributed by atoms with Crippen LogP contribution < -0.4 is 15.6 Å². The molecule has 1 heterocycles. The molecular formula is C16H19FN4O3S. The number of nitrogens with one attached hydrogen (secondary N) is 1. The van der Waals surface area contributed by atoms with Gasteiger partial charge in [0.1, 0.15) is 5.82 Å². The van der Waals surface area contributed by atoms with Crippen LogP contribution in [0.25, 0.3) is 0 Å². The molecule has 1 aromatic heterocycles. The van der Waals surface area contributed by atoms with Crippen LogP contribution in [0.1, 0.15) is 28.5 Å². The maximum atomic E-state index is 13.3. The first-order chi connectivity index (χ1) is 11.7. The molecule has 0 unspecified atom stereocenters. The molecule has 0 aliphatic heterocycles. The lowest BCUT2D eigenvalue weighted by molar-refractivity contribution is 0.0986. The van der Waals surface area contributed by atoms with Crippen molar-refractivity contribution in [3.63, 3.8) is 0 Å². The zero-order chi connectivity index (χ0) is 18.6. The number of pyridine rings is 1. The number of amides is 1. The average molecular weight is 366 g/mol. The van der Waals surface area contributed by atoms with Gasteiger partial charge < -0.3 is 0 Å². The lowest BCUT2D eigenvalue weighted by atomic mass is 10.2. The highest BCUT2D eigenvalue weighted by Crippen LogP contribution is 2.18. The Morgan fingerprint density at radius 2 is 2.04 bits per heavy atom. The Morgan fingerprint density at radius 1 is 1.32 bits per heavy atom. The largest absolute Gasteiger partial charge is 0.274 e. The molecular weight excluding hydrogens is 347 g/mol. The molecule has 0 fully saturated rings. The van der Waals surface area contributed by atoms with Gasteiger partial charge in [0.15, 0.2) is 0 Å². The Morgan fingerprint density at radius 3 is 2.60 bits per heavy atom. The first-order valence-electron chi connectivity index (χ1n) is 7.51. The number of carbonyl (C=O) groups is 1. The second-order valence-corrected chi connectivity index (χ2v) is 7.47. The van der Waals surface area contributed by atoms with Gasteiger partial charge in [-0.3, -0.25) is 9.78 Å². The molecule has 2 rings (SSSR count). The number of nitrogens with two attached hydrogens (primary N) is 1. The van der Waals surface area contributed by atoms with Gasteiger partial charge in [-0.1, -0.05) is 0 Å². The second-order valence-electron chi connectivity index (χ2n) is 5.37. The van der Waals surface area contributed by atoms with Crippen LogP contribution >= 0.6 is 0 Å². The number of halogens is 1. The highest BCUT2D eigenvalue weighted by atomic mass is 32.2. The summed E-state index contributed by atoms with van der Waals surface area (Å²) in [5.41, 5.74) is 1.42. The van der Waals surface area contributed by atoms with Crippen LogP contribution in [0.3, 0.4) is 0 Å². The van der Waals surface area contributed by atoms with Gasteiger partial charge in [-0.05, 0) is 49.7 Å². The van der Waals surface area contributed by atoms with Gasteiger partial charge in [-0.15, -0.1) is 0 Å². The Hall–Kier alpha value is -2.36. The number of rotatable bonds is 6. The summed E-state index contributed by atoms with van der Waals surface area (Å²) in [4.78, 5) is 16.4. The molecule has 1 aromatic carbocycles. The van der Waals surface area contributed by atoms with Crippen molar-refractivity contribution in [3.8, 4) is 0 Å². The van der Waals surface area contributed by atoms with Crippen molar-refractivity contribution in [3.05, 3.63) is 59.2 Å². The predicted molar refractivity (Wildman–Crippen MR) is 92.7 cm³/mol. The minimum atomic E-state index is -3.32. The normalized spacial score (nSPS) is 11.4. The summed E-state index contributed by atoms with van der Waals surface area (Å²) in [6.45, 7) is 3.14. The van der Waals surface area contributed by atoms with Crippen molar-refractivity contribution in [2.24, 2.45) is 5.84 Å². The average Bonchev–Trinajstić information content (AvgIpc) is 2.61. The molecule has 2 aromatic rings. The van der Waals surface area contributed by atoms with E-state index >= 15 is 0 Å².